The van der Waals surface area contributed by atoms with Crippen molar-refractivity contribution in [2.24, 2.45) is 0 Å². The second kappa shape index (κ2) is 6.94. The van der Waals surface area contributed by atoms with Gasteiger partial charge in [-0.3, -0.25) is 0 Å². The van der Waals surface area contributed by atoms with Crippen LogP contribution in [0, 0.1) is 5.82 Å². The van der Waals surface area contributed by atoms with Gasteiger partial charge in [-0.2, -0.15) is 12.6 Å². The molecule has 0 atom stereocenters. The molecular weight excluding hydrogens is 259 g/mol. The van der Waals surface area contributed by atoms with Crippen LogP contribution in [0.1, 0.15) is 38.4 Å². The quantitative estimate of drug-likeness (QED) is 0.593. The van der Waals surface area contributed by atoms with E-state index in [-0.39, 0.29) is 5.82 Å². The first-order chi connectivity index (χ1) is 9.26. The second-order valence-corrected chi connectivity index (χ2v) is 5.29. The lowest BCUT2D eigenvalue weighted by molar-refractivity contribution is 0.576. The first-order valence-corrected chi connectivity index (χ1v) is 7.65. The molecule has 0 amide bonds. The molecule has 19 heavy (non-hydrogen) atoms. The molecule has 4 heteroatoms. The van der Waals surface area contributed by atoms with Crippen LogP contribution < -0.4 is 0 Å². The maximum Gasteiger partial charge on any atom is 0.125 e. The van der Waals surface area contributed by atoms with Crippen LogP contribution in [0.15, 0.2) is 18.2 Å². The van der Waals surface area contributed by atoms with Crippen LogP contribution in [0.4, 0.5) is 4.39 Å². The van der Waals surface area contributed by atoms with Gasteiger partial charge in [-0.05, 0) is 24.3 Å². The SMILES string of the molecule is CCCCCCn1c(CCS)nc2cc(F)ccc21. The van der Waals surface area contributed by atoms with Crippen LogP contribution in [0.25, 0.3) is 11.0 Å². The van der Waals surface area contributed by atoms with Crippen molar-refractivity contribution >= 4 is 23.7 Å². The van der Waals surface area contributed by atoms with E-state index in [9.17, 15) is 4.39 Å². The standard InChI is InChI=1S/C15H21FN2S/c1-2-3-4-5-9-18-14-7-6-12(16)11-13(14)17-15(18)8-10-19/h6-7,11,19H,2-5,8-10H2,1H3. The number of halogens is 1. The minimum Gasteiger partial charge on any atom is -0.328 e. The van der Waals surface area contributed by atoms with Gasteiger partial charge in [0.2, 0.25) is 0 Å². The van der Waals surface area contributed by atoms with Crippen molar-refractivity contribution in [1.29, 1.82) is 0 Å². The molecule has 0 aliphatic carbocycles. The molecular formula is C15H21FN2S. The van der Waals surface area contributed by atoms with Gasteiger partial charge in [0.25, 0.3) is 0 Å². The Hall–Kier alpha value is -1.03. The van der Waals surface area contributed by atoms with Gasteiger partial charge >= 0.3 is 0 Å². The summed E-state index contributed by atoms with van der Waals surface area (Å²) in [4.78, 5) is 4.54. The summed E-state index contributed by atoms with van der Waals surface area (Å²) in [5.74, 6) is 1.56. The molecule has 0 bridgehead atoms. The fraction of sp³-hybridized carbons (Fsp3) is 0.533. The minimum atomic E-state index is -0.222. The second-order valence-electron chi connectivity index (χ2n) is 4.85. The average molecular weight is 280 g/mol. The number of aromatic nitrogens is 2. The summed E-state index contributed by atoms with van der Waals surface area (Å²) < 4.78 is 15.5. The Kier molecular flexibility index (Phi) is 5.25. The molecule has 0 saturated carbocycles. The molecule has 0 fully saturated rings. The number of imidazole rings is 1. The molecule has 0 radical (unpaired) electrons. The zero-order valence-corrected chi connectivity index (χ0v) is 12.3. The summed E-state index contributed by atoms with van der Waals surface area (Å²) >= 11 is 4.28. The van der Waals surface area contributed by atoms with Gasteiger partial charge < -0.3 is 4.57 Å². The molecule has 0 saturated heterocycles. The molecule has 1 aromatic carbocycles. The highest BCUT2D eigenvalue weighted by Gasteiger charge is 2.10. The predicted molar refractivity (Wildman–Crippen MR) is 81.4 cm³/mol. The number of unbranched alkanes of at least 4 members (excludes halogenated alkanes) is 3. The van der Waals surface area contributed by atoms with E-state index in [0.717, 1.165) is 42.0 Å². The molecule has 1 aromatic heterocycles. The van der Waals surface area contributed by atoms with E-state index in [1.54, 1.807) is 0 Å². The van der Waals surface area contributed by atoms with Crippen LogP contribution in [0.2, 0.25) is 0 Å². The van der Waals surface area contributed by atoms with Gasteiger partial charge in [0, 0.05) is 19.0 Å². The molecule has 2 rings (SSSR count). The molecule has 2 aromatic rings. The van der Waals surface area contributed by atoms with E-state index in [2.05, 4.69) is 29.1 Å². The first kappa shape index (κ1) is 14.4. The Balaban J connectivity index is 2.24. The summed E-state index contributed by atoms with van der Waals surface area (Å²) in [6.45, 7) is 3.17. The Labute approximate surface area is 119 Å². The monoisotopic (exact) mass is 280 g/mol. The average Bonchev–Trinajstić information content (AvgIpc) is 2.72. The van der Waals surface area contributed by atoms with Crippen LogP contribution >= 0.6 is 12.6 Å². The highest BCUT2D eigenvalue weighted by atomic mass is 32.1. The normalized spacial score (nSPS) is 11.3. The van der Waals surface area contributed by atoms with Gasteiger partial charge in [0.15, 0.2) is 0 Å². The lowest BCUT2D eigenvalue weighted by atomic mass is 10.2. The molecule has 1 heterocycles. The van der Waals surface area contributed by atoms with Gasteiger partial charge in [-0.1, -0.05) is 26.2 Å². The molecule has 0 unspecified atom stereocenters. The van der Waals surface area contributed by atoms with Crippen molar-refractivity contribution in [3.63, 3.8) is 0 Å². The maximum atomic E-state index is 13.3. The fourth-order valence-corrected chi connectivity index (χ4v) is 2.59. The van der Waals surface area contributed by atoms with E-state index in [0.29, 0.717) is 0 Å². The number of rotatable bonds is 7. The van der Waals surface area contributed by atoms with Crippen molar-refractivity contribution in [2.75, 3.05) is 5.75 Å². The topological polar surface area (TPSA) is 17.8 Å². The molecule has 0 spiro atoms. The minimum absolute atomic E-state index is 0.222. The molecule has 2 nitrogen and oxygen atoms in total. The Morgan fingerprint density at radius 3 is 2.84 bits per heavy atom. The van der Waals surface area contributed by atoms with E-state index >= 15 is 0 Å². The van der Waals surface area contributed by atoms with Crippen LogP contribution in [-0.2, 0) is 13.0 Å². The van der Waals surface area contributed by atoms with Gasteiger partial charge in [0.1, 0.15) is 11.6 Å². The maximum absolute atomic E-state index is 13.3. The zero-order chi connectivity index (χ0) is 13.7. The largest absolute Gasteiger partial charge is 0.328 e. The van der Waals surface area contributed by atoms with Crippen molar-refractivity contribution in [3.8, 4) is 0 Å². The third-order valence-corrected chi connectivity index (χ3v) is 3.58. The molecule has 104 valence electrons. The highest BCUT2D eigenvalue weighted by molar-refractivity contribution is 7.80. The van der Waals surface area contributed by atoms with Crippen molar-refractivity contribution in [2.45, 2.75) is 45.6 Å². The van der Waals surface area contributed by atoms with Gasteiger partial charge in [-0.15, -0.1) is 0 Å². The number of thiol groups is 1. The van der Waals surface area contributed by atoms with Gasteiger partial charge in [0.05, 0.1) is 11.0 Å². The van der Waals surface area contributed by atoms with Crippen LogP contribution in [-0.4, -0.2) is 15.3 Å². The summed E-state index contributed by atoms with van der Waals surface area (Å²) in [5.41, 5.74) is 1.79. The number of fused-ring (bicyclic) bond motifs is 1. The number of aryl methyl sites for hydroxylation is 2. The summed E-state index contributed by atoms with van der Waals surface area (Å²) in [6, 6.07) is 4.86. The summed E-state index contributed by atoms with van der Waals surface area (Å²) in [6.07, 6.45) is 5.71. The Bertz CT molecular complexity index is 536. The van der Waals surface area contributed by atoms with Crippen molar-refractivity contribution in [3.05, 3.63) is 29.8 Å². The van der Waals surface area contributed by atoms with Crippen LogP contribution in [0.3, 0.4) is 0 Å². The first-order valence-electron chi connectivity index (χ1n) is 7.01. The number of hydrogen-bond donors (Lipinski definition) is 1. The fourth-order valence-electron chi connectivity index (χ4n) is 2.39. The Morgan fingerprint density at radius 2 is 2.11 bits per heavy atom. The predicted octanol–water partition coefficient (Wildman–Crippen LogP) is 4.23. The smallest absolute Gasteiger partial charge is 0.125 e. The molecule has 0 aliphatic heterocycles. The van der Waals surface area contributed by atoms with Crippen molar-refractivity contribution in [1.82, 2.24) is 9.55 Å². The van der Waals surface area contributed by atoms with E-state index in [1.165, 1.54) is 31.4 Å². The van der Waals surface area contributed by atoms with E-state index in [1.807, 2.05) is 6.07 Å². The van der Waals surface area contributed by atoms with Crippen LogP contribution in [0.5, 0.6) is 0 Å². The highest BCUT2D eigenvalue weighted by Crippen LogP contribution is 2.19. The third-order valence-electron chi connectivity index (χ3n) is 3.36. The van der Waals surface area contributed by atoms with Gasteiger partial charge in [-0.25, -0.2) is 9.37 Å². The summed E-state index contributed by atoms with van der Waals surface area (Å²) in [5, 5.41) is 0. The third kappa shape index (κ3) is 3.50. The molecule has 0 aliphatic rings. The Morgan fingerprint density at radius 1 is 1.26 bits per heavy atom. The number of benzene rings is 1. The zero-order valence-electron chi connectivity index (χ0n) is 11.4. The van der Waals surface area contributed by atoms with E-state index < -0.39 is 0 Å². The van der Waals surface area contributed by atoms with Crippen molar-refractivity contribution < 1.29 is 4.39 Å². The number of hydrogen-bond acceptors (Lipinski definition) is 2. The summed E-state index contributed by atoms with van der Waals surface area (Å²) in [7, 11) is 0. The molecule has 0 N–H and O–H groups in total. The van der Waals surface area contributed by atoms with E-state index in [4.69, 9.17) is 0 Å². The lowest BCUT2D eigenvalue weighted by Crippen LogP contribution is -2.05. The lowest BCUT2D eigenvalue weighted by Gasteiger charge is -2.08. The number of nitrogens with zero attached hydrogens (tertiary/aromatic N) is 2.